The van der Waals surface area contributed by atoms with Crippen molar-refractivity contribution in [3.8, 4) is 0 Å². The largest absolute Gasteiger partial charge is 0.270 e. The summed E-state index contributed by atoms with van der Waals surface area (Å²) in [6, 6.07) is 0. The molecule has 0 atom stereocenters. The van der Waals surface area contributed by atoms with Crippen LogP contribution in [0.15, 0.2) is 0 Å². The molecule has 8 heavy (non-hydrogen) atoms. The van der Waals surface area contributed by atoms with Gasteiger partial charge >= 0.3 is 0 Å². The average molecular weight is 162 g/mol. The monoisotopic (exact) mass is 162 g/mol. The SMILES string of the molecule is O=S1(=O)CCCO1.[Ca]. The molecule has 44 valence electrons. The summed E-state index contributed by atoms with van der Waals surface area (Å²) in [5, 5.41) is 0. The van der Waals surface area contributed by atoms with Crippen LogP contribution in [-0.4, -0.2) is 58.5 Å². The maximum absolute atomic E-state index is 10.2. The van der Waals surface area contributed by atoms with E-state index in [1.54, 1.807) is 0 Å². The molecule has 0 amide bonds. The Morgan fingerprint density at radius 3 is 2.12 bits per heavy atom. The predicted octanol–water partition coefficient (Wildman–Crippen LogP) is -0.644. The normalized spacial score (nSPS) is 24.5. The fourth-order valence-electron chi connectivity index (χ4n) is 0.481. The van der Waals surface area contributed by atoms with Crippen molar-refractivity contribution in [2.24, 2.45) is 0 Å². The number of hydrogen-bond donors (Lipinski definition) is 0. The third kappa shape index (κ3) is 2.64. The fourth-order valence-corrected chi connectivity index (χ4v) is 1.44. The second kappa shape index (κ2) is 3.37. The molecule has 0 saturated carbocycles. The zero-order valence-electron chi connectivity index (χ0n) is 4.46. The molecular weight excluding hydrogens is 156 g/mol. The Bertz CT molecular complexity index is 138. The molecule has 1 fully saturated rings. The van der Waals surface area contributed by atoms with Gasteiger partial charge in [-0.1, -0.05) is 0 Å². The smallest absolute Gasteiger partial charge is 0.267 e. The van der Waals surface area contributed by atoms with Gasteiger partial charge in [-0.3, -0.25) is 4.18 Å². The molecule has 1 heterocycles. The summed E-state index contributed by atoms with van der Waals surface area (Å²) in [5.74, 6) is 0.201. The van der Waals surface area contributed by atoms with Crippen LogP contribution in [0.2, 0.25) is 0 Å². The van der Waals surface area contributed by atoms with Crippen LogP contribution in [0, 0.1) is 0 Å². The average Bonchev–Trinajstić information content (AvgIpc) is 1.84. The minimum absolute atomic E-state index is 0. The van der Waals surface area contributed by atoms with E-state index in [1.165, 1.54) is 0 Å². The van der Waals surface area contributed by atoms with Crippen molar-refractivity contribution in [3.05, 3.63) is 0 Å². The molecular formula is C3H6CaO3S. The number of rotatable bonds is 0. The molecule has 1 rings (SSSR count). The Hall–Kier alpha value is 1.17. The maximum Gasteiger partial charge on any atom is 0.267 e. The molecule has 0 spiro atoms. The summed E-state index contributed by atoms with van der Waals surface area (Å²) in [7, 11) is -3.05. The Morgan fingerprint density at radius 2 is 2.00 bits per heavy atom. The minimum atomic E-state index is -3.05. The molecule has 1 saturated heterocycles. The van der Waals surface area contributed by atoms with Gasteiger partial charge in [-0.15, -0.1) is 0 Å². The van der Waals surface area contributed by atoms with Crippen LogP contribution in [0.1, 0.15) is 6.42 Å². The van der Waals surface area contributed by atoms with Crippen LogP contribution in [0.3, 0.4) is 0 Å². The van der Waals surface area contributed by atoms with E-state index in [2.05, 4.69) is 4.18 Å². The van der Waals surface area contributed by atoms with Crippen LogP contribution < -0.4 is 0 Å². The van der Waals surface area contributed by atoms with E-state index < -0.39 is 10.1 Å². The summed E-state index contributed by atoms with van der Waals surface area (Å²) in [6.07, 6.45) is 0.655. The molecule has 0 aliphatic carbocycles. The summed E-state index contributed by atoms with van der Waals surface area (Å²) in [6.45, 7) is 0.377. The molecule has 5 heteroatoms. The molecule has 0 aromatic carbocycles. The van der Waals surface area contributed by atoms with E-state index in [-0.39, 0.29) is 43.5 Å². The van der Waals surface area contributed by atoms with Crippen LogP contribution in [0.4, 0.5) is 0 Å². The van der Waals surface area contributed by atoms with Gasteiger partial charge in [0.25, 0.3) is 10.1 Å². The second-order valence-electron chi connectivity index (χ2n) is 1.44. The van der Waals surface area contributed by atoms with Gasteiger partial charge in [-0.2, -0.15) is 8.42 Å². The van der Waals surface area contributed by atoms with Gasteiger partial charge in [-0.05, 0) is 6.42 Å². The van der Waals surface area contributed by atoms with Crippen molar-refractivity contribution in [1.29, 1.82) is 0 Å². The van der Waals surface area contributed by atoms with Gasteiger partial charge in [0.2, 0.25) is 0 Å². The van der Waals surface area contributed by atoms with E-state index in [9.17, 15) is 8.42 Å². The van der Waals surface area contributed by atoms with E-state index in [0.717, 1.165) is 0 Å². The van der Waals surface area contributed by atoms with Crippen molar-refractivity contribution in [3.63, 3.8) is 0 Å². The van der Waals surface area contributed by atoms with Gasteiger partial charge in [-0.25, -0.2) is 0 Å². The third-order valence-electron chi connectivity index (χ3n) is 0.802. The van der Waals surface area contributed by atoms with Crippen LogP contribution in [0.25, 0.3) is 0 Å². The van der Waals surface area contributed by atoms with Crippen molar-refractivity contribution < 1.29 is 12.6 Å². The van der Waals surface area contributed by atoms with Crippen LogP contribution in [-0.2, 0) is 14.3 Å². The fraction of sp³-hybridized carbons (Fsp3) is 1.00. The summed E-state index contributed by atoms with van der Waals surface area (Å²) >= 11 is 0. The molecule has 0 aromatic heterocycles. The van der Waals surface area contributed by atoms with Crippen LogP contribution >= 0.6 is 0 Å². The van der Waals surface area contributed by atoms with Gasteiger partial charge < -0.3 is 0 Å². The zero-order valence-corrected chi connectivity index (χ0v) is 7.49. The Morgan fingerprint density at radius 1 is 1.38 bits per heavy atom. The molecule has 1 aliphatic heterocycles. The van der Waals surface area contributed by atoms with Crippen molar-refractivity contribution in [2.75, 3.05) is 12.4 Å². The minimum Gasteiger partial charge on any atom is -0.270 e. The molecule has 0 N–H and O–H groups in total. The first-order valence-electron chi connectivity index (χ1n) is 2.08. The molecule has 1 aliphatic rings. The second-order valence-corrected chi connectivity index (χ2v) is 3.20. The van der Waals surface area contributed by atoms with E-state index >= 15 is 0 Å². The Kier molecular flexibility index (Phi) is 3.86. The van der Waals surface area contributed by atoms with Crippen LogP contribution in [0.5, 0.6) is 0 Å². The molecule has 0 aromatic rings. The molecule has 2 radical (unpaired) electrons. The Labute approximate surface area is 78.5 Å². The molecule has 3 nitrogen and oxygen atoms in total. The van der Waals surface area contributed by atoms with Gasteiger partial charge in [0.15, 0.2) is 0 Å². The quantitative estimate of drug-likeness (QED) is 0.351. The van der Waals surface area contributed by atoms with Gasteiger partial charge in [0.1, 0.15) is 0 Å². The maximum atomic E-state index is 10.2. The van der Waals surface area contributed by atoms with Gasteiger partial charge in [0.05, 0.1) is 12.4 Å². The zero-order chi connectivity index (χ0) is 5.33. The van der Waals surface area contributed by atoms with Crippen molar-refractivity contribution in [2.45, 2.75) is 6.42 Å². The third-order valence-corrected chi connectivity index (χ3v) is 2.12. The first-order valence-corrected chi connectivity index (χ1v) is 3.65. The van der Waals surface area contributed by atoms with Crippen molar-refractivity contribution >= 4 is 47.9 Å². The number of hydrogen-bond acceptors (Lipinski definition) is 3. The summed E-state index contributed by atoms with van der Waals surface area (Å²) < 4.78 is 24.7. The molecule has 0 bridgehead atoms. The van der Waals surface area contributed by atoms with E-state index in [4.69, 9.17) is 0 Å². The summed E-state index contributed by atoms with van der Waals surface area (Å²) in [5.41, 5.74) is 0. The van der Waals surface area contributed by atoms with E-state index in [0.29, 0.717) is 13.0 Å². The predicted molar refractivity (Wildman–Crippen MR) is 30.1 cm³/mol. The first-order chi connectivity index (χ1) is 3.21. The van der Waals surface area contributed by atoms with E-state index in [1.807, 2.05) is 0 Å². The van der Waals surface area contributed by atoms with Crippen molar-refractivity contribution in [1.82, 2.24) is 0 Å². The molecule has 0 unspecified atom stereocenters. The van der Waals surface area contributed by atoms with Gasteiger partial charge in [0, 0.05) is 37.7 Å². The first kappa shape index (κ1) is 9.17. The Balaban J connectivity index is 0.000000490. The summed E-state index contributed by atoms with van der Waals surface area (Å²) in [4.78, 5) is 0. The topological polar surface area (TPSA) is 43.4 Å². The standard InChI is InChI=1S/C3H6O3S.Ca/c4-7(5)3-1-2-6-7;/h1-3H2;.